The lowest BCUT2D eigenvalue weighted by atomic mass is 10.1. The van der Waals surface area contributed by atoms with Gasteiger partial charge in [0.2, 0.25) is 5.28 Å². The Morgan fingerprint density at radius 2 is 1.96 bits per heavy atom. The van der Waals surface area contributed by atoms with E-state index in [0.717, 1.165) is 0 Å². The lowest BCUT2D eigenvalue weighted by Crippen LogP contribution is -2.27. The first-order valence-electron chi connectivity index (χ1n) is 8.29. The number of hydrogen-bond acceptors (Lipinski definition) is 10. The van der Waals surface area contributed by atoms with Gasteiger partial charge in [-0.05, 0) is 32.4 Å². The molecule has 2 fully saturated rings. The van der Waals surface area contributed by atoms with Crippen LogP contribution in [0.1, 0.15) is 37.9 Å². The van der Waals surface area contributed by atoms with Crippen molar-refractivity contribution in [3.63, 3.8) is 0 Å². The van der Waals surface area contributed by atoms with E-state index in [2.05, 4.69) is 25.1 Å². The molecule has 0 saturated carbocycles. The minimum atomic E-state index is -0.799. The Morgan fingerprint density at radius 1 is 1.19 bits per heavy atom. The zero-order chi connectivity index (χ0) is 18.9. The molecule has 4 atom stereocenters. The number of ether oxygens (including phenoxy) is 3. The second kappa shape index (κ2) is 5.58. The van der Waals surface area contributed by atoms with Crippen LogP contribution >= 0.6 is 11.6 Å². The Kier molecular flexibility index (Phi) is 3.47. The summed E-state index contributed by atoms with van der Waals surface area (Å²) in [7, 11) is 0. The van der Waals surface area contributed by atoms with Crippen LogP contribution in [0.4, 0.5) is 5.82 Å². The van der Waals surface area contributed by atoms with Gasteiger partial charge in [0, 0.05) is 0 Å². The van der Waals surface area contributed by atoms with E-state index in [1.54, 1.807) is 17.8 Å². The van der Waals surface area contributed by atoms with Crippen molar-refractivity contribution in [2.24, 2.45) is 0 Å². The fourth-order valence-electron chi connectivity index (χ4n) is 3.53. The number of nitrogens with zero attached hydrogens (tertiary/aromatic N) is 6. The van der Waals surface area contributed by atoms with Crippen LogP contribution in [0, 0.1) is 6.92 Å². The zero-order valence-electron chi connectivity index (χ0n) is 14.7. The maximum Gasteiger partial charge on any atom is 0.258 e. The van der Waals surface area contributed by atoms with Crippen LogP contribution in [0.2, 0.25) is 5.28 Å². The Balaban J connectivity index is 1.60. The number of anilines is 1. The Labute approximate surface area is 157 Å². The van der Waals surface area contributed by atoms with Gasteiger partial charge in [-0.15, -0.1) is 0 Å². The van der Waals surface area contributed by atoms with E-state index < -0.39 is 30.3 Å². The molecule has 0 spiro atoms. The van der Waals surface area contributed by atoms with Crippen molar-refractivity contribution in [2.45, 2.75) is 51.1 Å². The van der Waals surface area contributed by atoms with Gasteiger partial charge in [-0.2, -0.15) is 15.0 Å². The Morgan fingerprint density at radius 3 is 2.70 bits per heavy atom. The van der Waals surface area contributed by atoms with Crippen LogP contribution < -0.4 is 5.73 Å². The van der Waals surface area contributed by atoms with Crippen molar-refractivity contribution in [2.75, 3.05) is 5.73 Å². The molecule has 0 radical (unpaired) electrons. The molecule has 0 unspecified atom stereocenters. The van der Waals surface area contributed by atoms with Gasteiger partial charge in [0.25, 0.3) is 5.89 Å². The van der Waals surface area contributed by atoms with Gasteiger partial charge in [-0.25, -0.2) is 4.98 Å². The molecule has 142 valence electrons. The van der Waals surface area contributed by atoms with Gasteiger partial charge < -0.3 is 24.5 Å². The zero-order valence-corrected chi connectivity index (χ0v) is 15.4. The molecule has 27 heavy (non-hydrogen) atoms. The number of nitrogen functional groups attached to an aromatic ring is 1. The first-order valence-corrected chi connectivity index (χ1v) is 8.67. The third-order valence-corrected chi connectivity index (χ3v) is 4.68. The first-order chi connectivity index (χ1) is 12.8. The van der Waals surface area contributed by atoms with Crippen LogP contribution in [0.15, 0.2) is 10.9 Å². The molecule has 2 aliphatic rings. The Bertz CT molecular complexity index is 1030. The molecule has 5 rings (SSSR count). The molecule has 3 aromatic rings. The van der Waals surface area contributed by atoms with Crippen LogP contribution in [0.5, 0.6) is 0 Å². The minimum Gasteiger partial charge on any atom is -0.382 e. The molecule has 12 heteroatoms. The van der Waals surface area contributed by atoms with E-state index in [4.69, 9.17) is 36.1 Å². The van der Waals surface area contributed by atoms with Crippen molar-refractivity contribution in [1.82, 2.24) is 29.7 Å². The molecule has 2 N–H and O–H groups in total. The summed E-state index contributed by atoms with van der Waals surface area (Å²) in [5.74, 6) is 0.216. The van der Waals surface area contributed by atoms with Crippen molar-refractivity contribution in [3.8, 4) is 0 Å². The van der Waals surface area contributed by atoms with Crippen LogP contribution in [-0.4, -0.2) is 47.7 Å². The van der Waals surface area contributed by atoms with Crippen LogP contribution in [0.25, 0.3) is 11.2 Å². The summed E-state index contributed by atoms with van der Waals surface area (Å²) in [6.45, 7) is 5.40. The summed E-state index contributed by atoms with van der Waals surface area (Å²) in [4.78, 5) is 16.7. The number of aromatic nitrogens is 6. The summed E-state index contributed by atoms with van der Waals surface area (Å²) in [6, 6.07) is 0. The molecule has 0 amide bonds. The van der Waals surface area contributed by atoms with E-state index >= 15 is 0 Å². The summed E-state index contributed by atoms with van der Waals surface area (Å²) in [5, 5.41) is 3.85. The largest absolute Gasteiger partial charge is 0.382 e. The van der Waals surface area contributed by atoms with E-state index in [0.29, 0.717) is 22.9 Å². The lowest BCUT2D eigenvalue weighted by Gasteiger charge is -2.23. The average Bonchev–Trinajstić information content (AvgIpc) is 3.30. The molecule has 0 aromatic carbocycles. The molecular formula is C15H16ClN7O4. The lowest BCUT2D eigenvalue weighted by molar-refractivity contribution is -0.199. The monoisotopic (exact) mass is 393 g/mol. The highest BCUT2D eigenvalue weighted by Gasteiger charge is 2.58. The van der Waals surface area contributed by atoms with Gasteiger partial charge in [-0.3, -0.25) is 4.57 Å². The van der Waals surface area contributed by atoms with E-state index in [9.17, 15) is 0 Å². The fourth-order valence-corrected chi connectivity index (χ4v) is 3.70. The summed E-state index contributed by atoms with van der Waals surface area (Å²) < 4.78 is 25.3. The normalized spacial score (nSPS) is 29.5. The summed E-state index contributed by atoms with van der Waals surface area (Å²) >= 11 is 5.97. The van der Waals surface area contributed by atoms with E-state index in [-0.39, 0.29) is 11.1 Å². The first kappa shape index (κ1) is 16.8. The molecule has 3 aromatic heterocycles. The van der Waals surface area contributed by atoms with Gasteiger partial charge in [0.15, 0.2) is 35.4 Å². The van der Waals surface area contributed by atoms with Gasteiger partial charge in [0.1, 0.15) is 17.7 Å². The number of nitrogens with two attached hydrogens (primary N) is 1. The fraction of sp³-hybridized carbons (Fsp3) is 0.533. The maximum absolute atomic E-state index is 6.19. The van der Waals surface area contributed by atoms with Gasteiger partial charge in [-0.1, -0.05) is 5.16 Å². The second-order valence-corrected chi connectivity index (χ2v) is 7.23. The second-order valence-electron chi connectivity index (χ2n) is 6.89. The predicted molar refractivity (Wildman–Crippen MR) is 90.5 cm³/mol. The molecule has 0 bridgehead atoms. The molecule has 5 heterocycles. The quantitative estimate of drug-likeness (QED) is 0.638. The van der Waals surface area contributed by atoms with E-state index in [1.165, 1.54) is 0 Å². The summed E-state index contributed by atoms with van der Waals surface area (Å²) in [6.07, 6.45) is -0.551. The van der Waals surface area contributed by atoms with Crippen LogP contribution in [0.3, 0.4) is 0 Å². The van der Waals surface area contributed by atoms with Crippen molar-refractivity contribution in [1.29, 1.82) is 0 Å². The molecule has 2 aliphatic heterocycles. The number of fused-ring (bicyclic) bond motifs is 2. The number of hydrogen-bond donors (Lipinski definition) is 1. The van der Waals surface area contributed by atoms with Crippen LogP contribution in [-0.2, 0) is 14.2 Å². The van der Waals surface area contributed by atoms with E-state index in [1.807, 2.05) is 13.8 Å². The average molecular weight is 394 g/mol. The van der Waals surface area contributed by atoms with Crippen molar-refractivity contribution in [3.05, 3.63) is 23.3 Å². The van der Waals surface area contributed by atoms with Crippen molar-refractivity contribution >= 4 is 28.6 Å². The summed E-state index contributed by atoms with van der Waals surface area (Å²) in [5.41, 5.74) is 6.76. The highest BCUT2D eigenvalue weighted by atomic mass is 35.5. The SMILES string of the molecule is Cc1noc([C@H]2O[C@@H](n3cnc4c(N)nc(Cl)nc43)[C@@H]3OC(C)(C)O[C@@H]32)n1. The third kappa shape index (κ3) is 2.57. The Hall–Kier alpha value is -2.34. The van der Waals surface area contributed by atoms with Crippen molar-refractivity contribution < 1.29 is 18.7 Å². The number of aryl methyl sites for hydroxylation is 1. The third-order valence-electron chi connectivity index (χ3n) is 4.51. The molecule has 2 saturated heterocycles. The number of halogens is 1. The number of imidazole rings is 1. The predicted octanol–water partition coefficient (Wildman–Crippen LogP) is 1.54. The molecule has 0 aliphatic carbocycles. The maximum atomic E-state index is 6.19. The molecular weight excluding hydrogens is 378 g/mol. The highest BCUT2D eigenvalue weighted by Crippen LogP contribution is 2.49. The standard InChI is InChI=1S/C15H16ClN7O4/c1-5-19-12(27-22-5)8-7-9(26-15(2,3)25-7)13(24-8)23-4-18-6-10(17)20-14(16)21-11(6)23/h4,7-9,13H,1-3H3,(H2,17,20,21)/t7-,8+,9-,13-/m1/s1. The number of rotatable bonds is 2. The van der Waals surface area contributed by atoms with Gasteiger partial charge >= 0.3 is 0 Å². The minimum absolute atomic E-state index is 0.0179. The smallest absolute Gasteiger partial charge is 0.258 e. The highest BCUT2D eigenvalue weighted by molar-refractivity contribution is 6.28. The topological polar surface area (TPSA) is 136 Å². The van der Waals surface area contributed by atoms with Gasteiger partial charge in [0.05, 0.1) is 6.33 Å². The molecule has 11 nitrogen and oxygen atoms in total.